The van der Waals surface area contributed by atoms with Crippen LogP contribution in [-0.2, 0) is 0 Å². The van der Waals surface area contributed by atoms with E-state index < -0.39 is 0 Å². The normalized spacial score (nSPS) is 10.9. The summed E-state index contributed by atoms with van der Waals surface area (Å²) in [5.41, 5.74) is 3.94. The minimum Gasteiger partial charge on any atom is -0.493 e. The standard InChI is InChI=1S/C28H26N6O2/c1-4-36-24-14-9-20-7-5-6-8-23(20)27(24)28(35)30-22-12-10-21(11-13-22)29-25-15-16-26(32-31-25)34-19(3)17-18(2)33-34/h5-17H,4H2,1-3H3,(H,29,31)(H,30,35). The molecule has 0 aliphatic rings. The van der Waals surface area contributed by atoms with Gasteiger partial charge in [0.1, 0.15) is 5.75 Å². The van der Waals surface area contributed by atoms with E-state index in [1.165, 1.54) is 0 Å². The van der Waals surface area contributed by atoms with Crippen molar-refractivity contribution in [2.45, 2.75) is 20.8 Å². The quantitative estimate of drug-likeness (QED) is 0.306. The van der Waals surface area contributed by atoms with E-state index in [4.69, 9.17) is 4.74 Å². The van der Waals surface area contributed by atoms with Gasteiger partial charge in [0, 0.05) is 17.1 Å². The van der Waals surface area contributed by atoms with Crippen LogP contribution in [0.5, 0.6) is 5.75 Å². The number of carbonyl (C=O) groups excluding carboxylic acids is 1. The van der Waals surface area contributed by atoms with Crippen molar-refractivity contribution in [3.63, 3.8) is 0 Å². The lowest BCUT2D eigenvalue weighted by Gasteiger charge is -2.14. The maximum absolute atomic E-state index is 13.2. The Hall–Kier alpha value is -4.72. The highest BCUT2D eigenvalue weighted by atomic mass is 16.5. The Morgan fingerprint density at radius 3 is 2.39 bits per heavy atom. The molecule has 0 aliphatic carbocycles. The van der Waals surface area contributed by atoms with Crippen LogP contribution in [-0.4, -0.2) is 32.5 Å². The molecular weight excluding hydrogens is 452 g/mol. The van der Waals surface area contributed by atoms with Gasteiger partial charge in [-0.15, -0.1) is 10.2 Å². The summed E-state index contributed by atoms with van der Waals surface area (Å²) >= 11 is 0. The first-order chi connectivity index (χ1) is 17.5. The van der Waals surface area contributed by atoms with Gasteiger partial charge in [0.25, 0.3) is 5.91 Å². The SMILES string of the molecule is CCOc1ccc2ccccc2c1C(=O)Nc1ccc(Nc2ccc(-n3nc(C)cc3C)nn2)cc1. The number of anilines is 3. The third-order valence-electron chi connectivity index (χ3n) is 5.71. The molecule has 5 rings (SSSR count). The second-order valence-corrected chi connectivity index (χ2v) is 8.36. The third-order valence-corrected chi connectivity index (χ3v) is 5.71. The second-order valence-electron chi connectivity index (χ2n) is 8.36. The van der Waals surface area contributed by atoms with E-state index in [9.17, 15) is 4.79 Å². The van der Waals surface area contributed by atoms with Gasteiger partial charge >= 0.3 is 0 Å². The second kappa shape index (κ2) is 9.87. The minimum atomic E-state index is -0.221. The predicted molar refractivity (Wildman–Crippen MR) is 141 cm³/mol. The number of hydrogen-bond donors (Lipinski definition) is 2. The van der Waals surface area contributed by atoms with Crippen LogP contribution in [0.3, 0.4) is 0 Å². The van der Waals surface area contributed by atoms with Gasteiger partial charge in [0.15, 0.2) is 11.6 Å². The van der Waals surface area contributed by atoms with Crippen LogP contribution in [0, 0.1) is 13.8 Å². The highest BCUT2D eigenvalue weighted by Crippen LogP contribution is 2.29. The van der Waals surface area contributed by atoms with Crippen molar-refractivity contribution in [3.8, 4) is 11.6 Å². The molecule has 2 heterocycles. The summed E-state index contributed by atoms with van der Waals surface area (Å²) in [4.78, 5) is 13.2. The molecule has 0 radical (unpaired) electrons. The van der Waals surface area contributed by atoms with Crippen molar-refractivity contribution >= 4 is 33.9 Å². The zero-order valence-electron chi connectivity index (χ0n) is 20.3. The van der Waals surface area contributed by atoms with Gasteiger partial charge in [-0.25, -0.2) is 4.68 Å². The largest absolute Gasteiger partial charge is 0.493 e. The monoisotopic (exact) mass is 478 g/mol. The fourth-order valence-electron chi connectivity index (χ4n) is 4.11. The molecule has 0 bridgehead atoms. The van der Waals surface area contributed by atoms with E-state index >= 15 is 0 Å². The van der Waals surface area contributed by atoms with Crippen molar-refractivity contribution in [1.29, 1.82) is 0 Å². The van der Waals surface area contributed by atoms with Gasteiger partial charge in [-0.2, -0.15) is 5.10 Å². The smallest absolute Gasteiger partial charge is 0.260 e. The molecule has 8 heteroatoms. The summed E-state index contributed by atoms with van der Waals surface area (Å²) in [6.45, 7) is 6.30. The molecule has 3 aromatic carbocycles. The van der Waals surface area contributed by atoms with Crippen LogP contribution in [0.15, 0.2) is 78.9 Å². The number of hydrogen-bond acceptors (Lipinski definition) is 6. The van der Waals surface area contributed by atoms with Crippen LogP contribution >= 0.6 is 0 Å². The van der Waals surface area contributed by atoms with E-state index in [0.717, 1.165) is 27.8 Å². The lowest BCUT2D eigenvalue weighted by atomic mass is 10.0. The Kier molecular flexibility index (Phi) is 6.32. The molecule has 2 aromatic heterocycles. The number of amides is 1. The van der Waals surface area contributed by atoms with Crippen molar-refractivity contribution in [2.24, 2.45) is 0 Å². The number of ether oxygens (including phenoxy) is 1. The van der Waals surface area contributed by atoms with Gasteiger partial charge in [-0.1, -0.05) is 30.3 Å². The van der Waals surface area contributed by atoms with Crippen LogP contribution in [0.2, 0.25) is 0 Å². The summed E-state index contributed by atoms with van der Waals surface area (Å²) < 4.78 is 7.51. The number of nitrogens with one attached hydrogen (secondary N) is 2. The first-order valence-corrected chi connectivity index (χ1v) is 11.7. The van der Waals surface area contributed by atoms with E-state index in [2.05, 4.69) is 25.9 Å². The summed E-state index contributed by atoms with van der Waals surface area (Å²) in [7, 11) is 0. The highest BCUT2D eigenvalue weighted by molar-refractivity contribution is 6.15. The zero-order chi connectivity index (χ0) is 25.1. The predicted octanol–water partition coefficient (Wildman–Crippen LogP) is 5.83. The van der Waals surface area contributed by atoms with Crippen LogP contribution in [0.25, 0.3) is 16.6 Å². The van der Waals surface area contributed by atoms with Crippen LogP contribution in [0.4, 0.5) is 17.2 Å². The topological polar surface area (TPSA) is 94.0 Å². The average Bonchev–Trinajstić information content (AvgIpc) is 3.23. The van der Waals surface area contributed by atoms with Gasteiger partial charge in [0.05, 0.1) is 17.9 Å². The fourth-order valence-corrected chi connectivity index (χ4v) is 4.11. The number of carbonyl (C=O) groups is 1. The van der Waals surface area contributed by atoms with Gasteiger partial charge in [0.2, 0.25) is 0 Å². The lowest BCUT2D eigenvalue weighted by molar-refractivity contribution is 0.102. The number of aromatic nitrogens is 4. The molecule has 180 valence electrons. The molecule has 0 aliphatic heterocycles. The molecule has 0 saturated carbocycles. The Morgan fingerprint density at radius 1 is 0.917 bits per heavy atom. The zero-order valence-corrected chi connectivity index (χ0v) is 20.3. The molecular formula is C28H26N6O2. The molecule has 8 nitrogen and oxygen atoms in total. The maximum atomic E-state index is 13.2. The summed E-state index contributed by atoms with van der Waals surface area (Å²) in [6.07, 6.45) is 0. The van der Waals surface area contributed by atoms with Crippen molar-refractivity contribution in [2.75, 3.05) is 17.2 Å². The molecule has 0 atom stereocenters. The number of benzene rings is 3. The summed E-state index contributed by atoms with van der Waals surface area (Å²) in [6, 6.07) is 24.7. The van der Waals surface area contributed by atoms with Crippen molar-refractivity contribution < 1.29 is 9.53 Å². The molecule has 36 heavy (non-hydrogen) atoms. The van der Waals surface area contributed by atoms with Crippen molar-refractivity contribution in [1.82, 2.24) is 20.0 Å². The van der Waals surface area contributed by atoms with Gasteiger partial charge in [-0.3, -0.25) is 4.79 Å². The van der Waals surface area contributed by atoms with Gasteiger partial charge < -0.3 is 15.4 Å². The lowest BCUT2D eigenvalue weighted by Crippen LogP contribution is -2.14. The molecule has 0 saturated heterocycles. The fraction of sp³-hybridized carbons (Fsp3) is 0.143. The minimum absolute atomic E-state index is 0.221. The Labute approximate surface area is 208 Å². The van der Waals surface area contributed by atoms with E-state index in [0.29, 0.717) is 35.2 Å². The van der Waals surface area contributed by atoms with Crippen molar-refractivity contribution in [3.05, 3.63) is 95.8 Å². The summed E-state index contributed by atoms with van der Waals surface area (Å²) in [5, 5.41) is 21.0. The van der Waals surface area contributed by atoms with E-state index in [1.54, 1.807) is 4.68 Å². The number of fused-ring (bicyclic) bond motifs is 1. The number of aryl methyl sites for hydroxylation is 2. The molecule has 1 amide bonds. The Morgan fingerprint density at radius 2 is 1.69 bits per heavy atom. The highest BCUT2D eigenvalue weighted by Gasteiger charge is 2.17. The average molecular weight is 479 g/mol. The van der Waals surface area contributed by atoms with Gasteiger partial charge in [-0.05, 0) is 80.1 Å². The number of nitrogens with zero attached hydrogens (tertiary/aromatic N) is 4. The number of rotatable bonds is 7. The Balaban J connectivity index is 1.30. The first kappa shape index (κ1) is 23.0. The summed E-state index contributed by atoms with van der Waals surface area (Å²) in [5.74, 6) is 1.61. The third kappa shape index (κ3) is 4.74. The first-order valence-electron chi connectivity index (χ1n) is 11.7. The van der Waals surface area contributed by atoms with Crippen LogP contribution < -0.4 is 15.4 Å². The van der Waals surface area contributed by atoms with E-state index in [-0.39, 0.29) is 5.91 Å². The Bertz CT molecular complexity index is 1520. The molecule has 2 N–H and O–H groups in total. The molecule has 5 aromatic rings. The molecule has 0 fully saturated rings. The maximum Gasteiger partial charge on any atom is 0.260 e. The van der Waals surface area contributed by atoms with E-state index in [1.807, 2.05) is 99.6 Å². The molecule has 0 unspecified atom stereocenters. The molecule has 0 spiro atoms. The van der Waals surface area contributed by atoms with Crippen LogP contribution in [0.1, 0.15) is 28.7 Å².